The van der Waals surface area contributed by atoms with E-state index in [9.17, 15) is 4.79 Å². The molecule has 2 aliphatic heterocycles. The summed E-state index contributed by atoms with van der Waals surface area (Å²) in [5, 5.41) is 6.58. The predicted molar refractivity (Wildman–Crippen MR) is 92.6 cm³/mol. The average Bonchev–Trinajstić information content (AvgIpc) is 3.07. The number of aryl methyl sites for hydroxylation is 1. The van der Waals surface area contributed by atoms with E-state index < -0.39 is 0 Å². The molecule has 0 radical (unpaired) electrons. The minimum Gasteiger partial charge on any atom is -0.356 e. The molecule has 126 valence electrons. The van der Waals surface area contributed by atoms with Gasteiger partial charge in [0.05, 0.1) is 0 Å². The lowest BCUT2D eigenvalue weighted by Gasteiger charge is -2.33. The van der Waals surface area contributed by atoms with Gasteiger partial charge >= 0.3 is 0 Å². The van der Waals surface area contributed by atoms with Crippen molar-refractivity contribution in [3.05, 3.63) is 23.9 Å². The third-order valence-electron chi connectivity index (χ3n) is 5.00. The van der Waals surface area contributed by atoms with Crippen LogP contribution in [0, 0.1) is 12.8 Å². The summed E-state index contributed by atoms with van der Waals surface area (Å²) in [5.74, 6) is 1.97. The van der Waals surface area contributed by atoms with Gasteiger partial charge in [0.25, 0.3) is 0 Å². The van der Waals surface area contributed by atoms with Crippen molar-refractivity contribution in [2.24, 2.45) is 5.92 Å². The molecule has 2 N–H and O–H groups in total. The second-order valence-electron chi connectivity index (χ2n) is 6.86. The van der Waals surface area contributed by atoms with E-state index in [1.807, 2.05) is 13.0 Å². The Morgan fingerprint density at radius 1 is 1.35 bits per heavy atom. The quantitative estimate of drug-likeness (QED) is 0.871. The summed E-state index contributed by atoms with van der Waals surface area (Å²) in [4.78, 5) is 19.0. The molecule has 1 atom stereocenters. The minimum absolute atomic E-state index is 0.226. The number of hydrogen-bond acceptors (Lipinski definition) is 4. The van der Waals surface area contributed by atoms with E-state index in [0.29, 0.717) is 18.4 Å². The van der Waals surface area contributed by atoms with E-state index in [2.05, 4.69) is 32.7 Å². The minimum atomic E-state index is 0.226. The lowest BCUT2D eigenvalue weighted by Crippen LogP contribution is -2.45. The second kappa shape index (κ2) is 7.77. The van der Waals surface area contributed by atoms with Gasteiger partial charge in [0.2, 0.25) is 5.91 Å². The smallest absolute Gasteiger partial charge is 0.220 e. The predicted octanol–water partition coefficient (Wildman–Crippen LogP) is 1.86. The number of amides is 1. The highest BCUT2D eigenvalue weighted by molar-refractivity contribution is 5.76. The number of nitrogens with one attached hydrogen (secondary N) is 2. The maximum atomic E-state index is 12.1. The Hall–Kier alpha value is -1.62. The van der Waals surface area contributed by atoms with Crippen LogP contribution in [-0.4, -0.2) is 43.1 Å². The van der Waals surface area contributed by atoms with Gasteiger partial charge in [-0.3, -0.25) is 4.79 Å². The highest BCUT2D eigenvalue weighted by Crippen LogP contribution is 2.19. The van der Waals surface area contributed by atoms with Crippen LogP contribution in [0.15, 0.2) is 18.2 Å². The third kappa shape index (κ3) is 4.67. The molecule has 1 unspecified atom stereocenters. The van der Waals surface area contributed by atoms with Gasteiger partial charge in [0, 0.05) is 31.2 Å². The average molecular weight is 316 g/mol. The van der Waals surface area contributed by atoms with Gasteiger partial charge in [-0.05, 0) is 63.7 Å². The highest BCUT2D eigenvalue weighted by atomic mass is 16.1. The molecule has 5 heteroatoms. The van der Waals surface area contributed by atoms with Crippen LogP contribution < -0.4 is 15.5 Å². The van der Waals surface area contributed by atoms with Crippen LogP contribution in [0.1, 0.15) is 37.8 Å². The first-order valence-electron chi connectivity index (χ1n) is 8.89. The lowest BCUT2D eigenvalue weighted by atomic mass is 10.0. The first-order chi connectivity index (χ1) is 11.2. The molecule has 1 aromatic rings. The van der Waals surface area contributed by atoms with Crippen LogP contribution in [0.5, 0.6) is 0 Å². The summed E-state index contributed by atoms with van der Waals surface area (Å²) < 4.78 is 0. The summed E-state index contributed by atoms with van der Waals surface area (Å²) in [7, 11) is 0. The number of piperidine rings is 1. The molecule has 0 aliphatic carbocycles. The van der Waals surface area contributed by atoms with Gasteiger partial charge in [-0.15, -0.1) is 0 Å². The summed E-state index contributed by atoms with van der Waals surface area (Å²) >= 11 is 0. The van der Waals surface area contributed by atoms with Gasteiger partial charge < -0.3 is 15.5 Å². The van der Waals surface area contributed by atoms with Crippen molar-refractivity contribution in [3.63, 3.8) is 0 Å². The van der Waals surface area contributed by atoms with Crippen molar-refractivity contribution in [2.75, 3.05) is 31.1 Å². The van der Waals surface area contributed by atoms with Gasteiger partial charge in [-0.1, -0.05) is 6.07 Å². The number of carbonyl (C=O) groups excluding carboxylic acids is 1. The fourth-order valence-corrected chi connectivity index (χ4v) is 3.55. The molecule has 0 saturated carbocycles. The van der Waals surface area contributed by atoms with Crippen LogP contribution in [0.25, 0.3) is 0 Å². The Kier molecular flexibility index (Phi) is 5.49. The highest BCUT2D eigenvalue weighted by Gasteiger charge is 2.22. The van der Waals surface area contributed by atoms with Crippen molar-refractivity contribution >= 4 is 11.7 Å². The van der Waals surface area contributed by atoms with E-state index in [4.69, 9.17) is 0 Å². The van der Waals surface area contributed by atoms with Crippen LogP contribution in [-0.2, 0) is 4.79 Å². The number of anilines is 1. The second-order valence-corrected chi connectivity index (χ2v) is 6.86. The van der Waals surface area contributed by atoms with Crippen molar-refractivity contribution < 1.29 is 4.79 Å². The molecule has 0 spiro atoms. The van der Waals surface area contributed by atoms with E-state index in [0.717, 1.165) is 57.0 Å². The van der Waals surface area contributed by atoms with Crippen molar-refractivity contribution in [1.82, 2.24) is 15.6 Å². The molecule has 3 rings (SSSR count). The summed E-state index contributed by atoms with van der Waals surface area (Å²) in [6, 6.07) is 6.48. The SMILES string of the molecule is Cc1cccc(N2CCC(NC(=O)CCC3CCNC3)CC2)n1. The van der Waals surface area contributed by atoms with E-state index in [1.54, 1.807) is 0 Å². The first kappa shape index (κ1) is 16.2. The van der Waals surface area contributed by atoms with Crippen LogP contribution >= 0.6 is 0 Å². The number of hydrogen-bond donors (Lipinski definition) is 2. The van der Waals surface area contributed by atoms with Crippen molar-refractivity contribution in [3.8, 4) is 0 Å². The Bertz CT molecular complexity index is 520. The first-order valence-corrected chi connectivity index (χ1v) is 8.89. The number of carbonyl (C=O) groups is 1. The van der Waals surface area contributed by atoms with Crippen LogP contribution in [0.2, 0.25) is 0 Å². The molecule has 23 heavy (non-hydrogen) atoms. The molecule has 0 aromatic carbocycles. The number of pyridine rings is 1. The molecule has 1 aromatic heterocycles. The standard InChI is InChI=1S/C18H28N4O/c1-14-3-2-4-17(20-14)22-11-8-16(9-12-22)21-18(23)6-5-15-7-10-19-13-15/h2-4,15-16,19H,5-13H2,1H3,(H,21,23). The zero-order chi connectivity index (χ0) is 16.1. The van der Waals surface area contributed by atoms with E-state index >= 15 is 0 Å². The van der Waals surface area contributed by atoms with E-state index in [1.165, 1.54) is 6.42 Å². The maximum absolute atomic E-state index is 12.1. The van der Waals surface area contributed by atoms with Gasteiger partial charge in [0.15, 0.2) is 0 Å². The summed E-state index contributed by atoms with van der Waals surface area (Å²) in [6.07, 6.45) is 4.92. The number of rotatable bonds is 5. The third-order valence-corrected chi connectivity index (χ3v) is 5.00. The zero-order valence-electron chi connectivity index (χ0n) is 14.1. The largest absolute Gasteiger partial charge is 0.356 e. The van der Waals surface area contributed by atoms with Gasteiger partial charge in [0.1, 0.15) is 5.82 Å². The Balaban J connectivity index is 1.39. The Morgan fingerprint density at radius 2 is 2.17 bits per heavy atom. The van der Waals surface area contributed by atoms with E-state index in [-0.39, 0.29) is 5.91 Å². The van der Waals surface area contributed by atoms with Crippen molar-refractivity contribution in [2.45, 2.75) is 45.1 Å². The molecule has 3 heterocycles. The number of aromatic nitrogens is 1. The topological polar surface area (TPSA) is 57.3 Å². The summed E-state index contributed by atoms with van der Waals surface area (Å²) in [6.45, 7) is 6.14. The molecule has 2 aliphatic rings. The zero-order valence-corrected chi connectivity index (χ0v) is 14.1. The van der Waals surface area contributed by atoms with Gasteiger partial charge in [-0.25, -0.2) is 4.98 Å². The summed E-state index contributed by atoms with van der Waals surface area (Å²) in [5.41, 5.74) is 1.05. The molecule has 5 nitrogen and oxygen atoms in total. The fourth-order valence-electron chi connectivity index (χ4n) is 3.55. The molecule has 1 amide bonds. The van der Waals surface area contributed by atoms with Crippen LogP contribution in [0.4, 0.5) is 5.82 Å². The monoisotopic (exact) mass is 316 g/mol. The Labute approximate surface area is 138 Å². The maximum Gasteiger partial charge on any atom is 0.220 e. The molecule has 0 bridgehead atoms. The van der Waals surface area contributed by atoms with Crippen molar-refractivity contribution in [1.29, 1.82) is 0 Å². The molecular formula is C18H28N4O. The molecule has 2 saturated heterocycles. The molecule has 2 fully saturated rings. The van der Waals surface area contributed by atoms with Gasteiger partial charge in [-0.2, -0.15) is 0 Å². The fraction of sp³-hybridized carbons (Fsp3) is 0.667. The lowest BCUT2D eigenvalue weighted by molar-refractivity contribution is -0.122. The normalized spacial score (nSPS) is 22.3. The molecular weight excluding hydrogens is 288 g/mol. The number of nitrogens with zero attached hydrogens (tertiary/aromatic N) is 2. The van der Waals surface area contributed by atoms with Crippen LogP contribution in [0.3, 0.4) is 0 Å². The Morgan fingerprint density at radius 3 is 2.87 bits per heavy atom.